The van der Waals surface area contributed by atoms with Crippen molar-refractivity contribution in [3.8, 4) is 0 Å². The van der Waals surface area contributed by atoms with Crippen molar-refractivity contribution in [2.45, 2.75) is 58.8 Å². The third-order valence-electron chi connectivity index (χ3n) is 2.73. The summed E-state index contributed by atoms with van der Waals surface area (Å²) < 4.78 is 10.9. The van der Waals surface area contributed by atoms with Crippen molar-refractivity contribution in [1.82, 2.24) is 0 Å². The van der Waals surface area contributed by atoms with E-state index in [1.807, 2.05) is 20.8 Å². The molecule has 0 saturated heterocycles. The van der Waals surface area contributed by atoms with E-state index in [9.17, 15) is 0 Å². The second kappa shape index (κ2) is 5.28. The van der Waals surface area contributed by atoms with Crippen LogP contribution < -0.4 is 5.73 Å². The Kier molecular flexibility index (Phi) is 5.24. The number of hydrogen-bond donors (Lipinski definition) is 1. The smallest absolute Gasteiger partial charge is 0.0881 e. The van der Waals surface area contributed by atoms with Crippen LogP contribution in [0.5, 0.6) is 0 Å². The first kappa shape index (κ1) is 14.9. The molecule has 0 radical (unpaired) electrons. The molecule has 0 amide bonds. The molecule has 0 bridgehead atoms. The lowest BCUT2D eigenvalue weighted by atomic mass is 9.75. The van der Waals surface area contributed by atoms with Crippen molar-refractivity contribution in [3.63, 3.8) is 0 Å². The van der Waals surface area contributed by atoms with E-state index < -0.39 is 0 Å². The highest BCUT2D eigenvalue weighted by Gasteiger charge is 2.37. The number of nitrogens with two attached hydrogens (primary N) is 1. The molecule has 2 N–H and O–H groups in total. The van der Waals surface area contributed by atoms with Crippen LogP contribution in [0.1, 0.15) is 41.0 Å². The van der Waals surface area contributed by atoms with E-state index in [4.69, 9.17) is 15.2 Å². The fourth-order valence-electron chi connectivity index (χ4n) is 2.54. The minimum absolute atomic E-state index is 0.00241. The summed E-state index contributed by atoms with van der Waals surface area (Å²) in [6, 6.07) is 0. The van der Waals surface area contributed by atoms with E-state index in [0.29, 0.717) is 0 Å². The molecule has 2 atom stereocenters. The molecule has 0 saturated carbocycles. The summed E-state index contributed by atoms with van der Waals surface area (Å²) in [5.41, 5.74) is 5.87. The summed E-state index contributed by atoms with van der Waals surface area (Å²) in [6.07, 6.45) is 1.03. The number of methoxy groups -OCH3 is 2. The standard InChI is InChI=1S/C12H27NO2/c1-9(14-6)10(15-7)11(2,3)8-12(4,5)13/h9-10H,8,13H2,1-7H3. The van der Waals surface area contributed by atoms with Gasteiger partial charge in [-0.15, -0.1) is 0 Å². The quantitative estimate of drug-likeness (QED) is 0.741. The molecule has 0 rings (SSSR count). The van der Waals surface area contributed by atoms with Gasteiger partial charge in [-0.2, -0.15) is 0 Å². The average molecular weight is 217 g/mol. The molecule has 0 aromatic heterocycles. The lowest BCUT2D eigenvalue weighted by Crippen LogP contribution is -2.47. The molecule has 0 aliphatic rings. The fourth-order valence-corrected chi connectivity index (χ4v) is 2.54. The molecule has 2 unspecified atom stereocenters. The Bertz CT molecular complexity index is 185. The molecule has 15 heavy (non-hydrogen) atoms. The van der Waals surface area contributed by atoms with Crippen LogP contribution in [0.4, 0.5) is 0 Å². The second-order valence-corrected chi connectivity index (χ2v) is 5.75. The van der Waals surface area contributed by atoms with Crippen LogP contribution in [0, 0.1) is 5.41 Å². The third-order valence-corrected chi connectivity index (χ3v) is 2.73. The average Bonchev–Trinajstić information content (AvgIpc) is 1.99. The minimum Gasteiger partial charge on any atom is -0.379 e. The van der Waals surface area contributed by atoms with Crippen LogP contribution in [0.15, 0.2) is 0 Å². The summed E-state index contributed by atoms with van der Waals surface area (Å²) in [6.45, 7) is 10.5. The first-order valence-corrected chi connectivity index (χ1v) is 5.48. The van der Waals surface area contributed by atoms with Crippen LogP contribution in [0.3, 0.4) is 0 Å². The predicted molar refractivity (Wildman–Crippen MR) is 63.9 cm³/mol. The van der Waals surface area contributed by atoms with Crippen LogP contribution >= 0.6 is 0 Å². The second-order valence-electron chi connectivity index (χ2n) is 5.75. The van der Waals surface area contributed by atoms with E-state index in [0.717, 1.165) is 6.42 Å². The van der Waals surface area contributed by atoms with Crippen LogP contribution in [-0.2, 0) is 9.47 Å². The molecule has 0 aromatic carbocycles. The number of hydrogen-bond acceptors (Lipinski definition) is 3. The first-order chi connectivity index (χ1) is 6.64. The lowest BCUT2D eigenvalue weighted by Gasteiger charge is -2.40. The van der Waals surface area contributed by atoms with Crippen molar-refractivity contribution >= 4 is 0 Å². The predicted octanol–water partition coefficient (Wildman–Crippen LogP) is 2.19. The maximum Gasteiger partial charge on any atom is 0.0881 e. The molecule has 3 nitrogen and oxygen atoms in total. The van der Waals surface area contributed by atoms with Gasteiger partial charge in [-0.25, -0.2) is 0 Å². The van der Waals surface area contributed by atoms with Crippen molar-refractivity contribution in [2.24, 2.45) is 11.1 Å². The van der Waals surface area contributed by atoms with E-state index in [1.165, 1.54) is 0 Å². The van der Waals surface area contributed by atoms with Crippen molar-refractivity contribution < 1.29 is 9.47 Å². The maximum atomic E-state index is 6.06. The van der Waals surface area contributed by atoms with Gasteiger partial charge in [0.2, 0.25) is 0 Å². The summed E-state index contributed by atoms with van der Waals surface area (Å²) >= 11 is 0. The molecule has 0 heterocycles. The molecular formula is C12H27NO2. The van der Waals surface area contributed by atoms with Gasteiger partial charge in [-0.1, -0.05) is 13.8 Å². The van der Waals surface area contributed by atoms with E-state index in [1.54, 1.807) is 14.2 Å². The van der Waals surface area contributed by atoms with Gasteiger partial charge >= 0.3 is 0 Å². The summed E-state index contributed by atoms with van der Waals surface area (Å²) in [4.78, 5) is 0. The van der Waals surface area contributed by atoms with E-state index in [-0.39, 0.29) is 23.2 Å². The Morgan fingerprint density at radius 3 is 1.80 bits per heavy atom. The normalized spacial score (nSPS) is 17.6. The first-order valence-electron chi connectivity index (χ1n) is 5.48. The summed E-state index contributed by atoms with van der Waals surface area (Å²) in [7, 11) is 3.44. The van der Waals surface area contributed by atoms with Gasteiger partial charge in [0, 0.05) is 19.8 Å². The van der Waals surface area contributed by atoms with Crippen LogP contribution in [0.25, 0.3) is 0 Å². The topological polar surface area (TPSA) is 44.5 Å². The maximum absolute atomic E-state index is 6.06. The Balaban J connectivity index is 4.65. The van der Waals surface area contributed by atoms with Crippen LogP contribution in [-0.4, -0.2) is 32.0 Å². The van der Waals surface area contributed by atoms with Crippen molar-refractivity contribution in [3.05, 3.63) is 0 Å². The lowest BCUT2D eigenvalue weighted by molar-refractivity contribution is -0.0916. The summed E-state index contributed by atoms with van der Waals surface area (Å²) in [5.74, 6) is 0. The van der Waals surface area contributed by atoms with E-state index in [2.05, 4.69) is 13.8 Å². The molecule has 3 heteroatoms. The van der Waals surface area contributed by atoms with E-state index >= 15 is 0 Å². The van der Waals surface area contributed by atoms with Gasteiger partial charge in [-0.05, 0) is 32.6 Å². The van der Waals surface area contributed by atoms with Crippen molar-refractivity contribution in [1.29, 1.82) is 0 Å². The van der Waals surface area contributed by atoms with Gasteiger partial charge < -0.3 is 15.2 Å². The minimum atomic E-state index is -0.187. The largest absolute Gasteiger partial charge is 0.379 e. The van der Waals surface area contributed by atoms with Gasteiger partial charge in [0.05, 0.1) is 12.2 Å². The highest BCUT2D eigenvalue weighted by Crippen LogP contribution is 2.34. The Labute approximate surface area is 94.3 Å². The fraction of sp³-hybridized carbons (Fsp3) is 1.00. The third kappa shape index (κ3) is 4.96. The highest BCUT2D eigenvalue weighted by atomic mass is 16.5. The molecular weight excluding hydrogens is 190 g/mol. The highest BCUT2D eigenvalue weighted by molar-refractivity contribution is 4.90. The number of rotatable bonds is 6. The summed E-state index contributed by atoms with van der Waals surface area (Å²) in [5, 5.41) is 0. The van der Waals surface area contributed by atoms with Gasteiger partial charge in [0.15, 0.2) is 0 Å². The Morgan fingerprint density at radius 2 is 1.53 bits per heavy atom. The zero-order valence-electron chi connectivity index (χ0n) is 11.3. The zero-order chi connectivity index (χ0) is 12.3. The van der Waals surface area contributed by atoms with Gasteiger partial charge in [0.25, 0.3) is 0 Å². The van der Waals surface area contributed by atoms with Gasteiger partial charge in [0.1, 0.15) is 0 Å². The van der Waals surface area contributed by atoms with Crippen LogP contribution in [0.2, 0.25) is 0 Å². The Morgan fingerprint density at radius 1 is 1.07 bits per heavy atom. The van der Waals surface area contributed by atoms with Gasteiger partial charge in [-0.3, -0.25) is 0 Å². The monoisotopic (exact) mass is 217 g/mol. The molecule has 0 aliphatic carbocycles. The zero-order valence-corrected chi connectivity index (χ0v) is 11.3. The SMILES string of the molecule is COC(C)C(OC)C(C)(C)CC(C)(C)N. The molecule has 0 aliphatic heterocycles. The molecule has 0 aromatic rings. The Hall–Kier alpha value is -0.120. The van der Waals surface area contributed by atoms with Crippen molar-refractivity contribution in [2.75, 3.05) is 14.2 Å². The molecule has 0 spiro atoms. The molecule has 0 fully saturated rings. The number of ether oxygens (including phenoxy) is 2. The molecule has 92 valence electrons.